The standard InChI is InChI=1S/C14H27N3O/c1-11-4-3-7-14(8-11,10-15)17(2)9-13(18)16-12-5-6-12/h11-12H,3-10,15H2,1-2H3,(H,16,18). The molecule has 18 heavy (non-hydrogen) atoms. The predicted molar refractivity (Wildman–Crippen MR) is 73.2 cm³/mol. The van der Waals surface area contributed by atoms with Crippen LogP contribution in [0.3, 0.4) is 0 Å². The van der Waals surface area contributed by atoms with Crippen molar-refractivity contribution in [3.8, 4) is 0 Å². The van der Waals surface area contributed by atoms with Crippen molar-refractivity contribution in [2.75, 3.05) is 20.1 Å². The third-order valence-electron chi connectivity index (χ3n) is 4.58. The summed E-state index contributed by atoms with van der Waals surface area (Å²) in [6, 6.07) is 0.449. The van der Waals surface area contributed by atoms with Crippen LogP contribution in [-0.2, 0) is 4.79 Å². The van der Waals surface area contributed by atoms with Gasteiger partial charge in [-0.25, -0.2) is 0 Å². The first-order chi connectivity index (χ1) is 8.55. The van der Waals surface area contributed by atoms with Crippen LogP contribution in [0.4, 0.5) is 0 Å². The average molecular weight is 253 g/mol. The molecule has 2 saturated carbocycles. The minimum atomic E-state index is 0.0402. The molecule has 2 atom stereocenters. The molecule has 0 aromatic heterocycles. The summed E-state index contributed by atoms with van der Waals surface area (Å²) in [5.74, 6) is 0.877. The Morgan fingerprint density at radius 1 is 1.44 bits per heavy atom. The fraction of sp³-hybridized carbons (Fsp3) is 0.929. The summed E-state index contributed by atoms with van der Waals surface area (Å²) in [7, 11) is 2.05. The summed E-state index contributed by atoms with van der Waals surface area (Å²) in [6.07, 6.45) is 7.07. The fourth-order valence-corrected chi connectivity index (χ4v) is 3.20. The quantitative estimate of drug-likeness (QED) is 0.771. The van der Waals surface area contributed by atoms with E-state index in [1.165, 1.54) is 12.8 Å². The second-order valence-electron chi connectivity index (χ2n) is 6.33. The van der Waals surface area contributed by atoms with Crippen molar-refractivity contribution in [2.24, 2.45) is 11.7 Å². The molecule has 2 unspecified atom stereocenters. The maximum Gasteiger partial charge on any atom is 0.234 e. The number of rotatable bonds is 5. The number of likely N-dealkylation sites (N-methyl/N-ethyl adjacent to an activating group) is 1. The van der Waals surface area contributed by atoms with Crippen molar-refractivity contribution in [3.63, 3.8) is 0 Å². The molecule has 0 radical (unpaired) electrons. The summed E-state index contributed by atoms with van der Waals surface area (Å²) in [5, 5.41) is 3.05. The van der Waals surface area contributed by atoms with E-state index < -0.39 is 0 Å². The third kappa shape index (κ3) is 3.23. The summed E-state index contributed by atoms with van der Waals surface area (Å²) in [6.45, 7) is 3.44. The molecule has 2 rings (SSSR count). The number of hydrogen-bond acceptors (Lipinski definition) is 3. The Balaban J connectivity index is 1.90. The minimum Gasteiger partial charge on any atom is -0.352 e. The summed E-state index contributed by atoms with van der Waals surface area (Å²) >= 11 is 0. The molecule has 2 aliphatic carbocycles. The van der Waals surface area contributed by atoms with Crippen molar-refractivity contribution in [3.05, 3.63) is 0 Å². The molecule has 0 aliphatic heterocycles. The van der Waals surface area contributed by atoms with Gasteiger partial charge >= 0.3 is 0 Å². The highest BCUT2D eigenvalue weighted by Gasteiger charge is 2.38. The van der Waals surface area contributed by atoms with E-state index >= 15 is 0 Å². The summed E-state index contributed by atoms with van der Waals surface area (Å²) in [5.41, 5.74) is 6.06. The number of amides is 1. The van der Waals surface area contributed by atoms with Gasteiger partial charge in [-0.05, 0) is 38.6 Å². The van der Waals surface area contributed by atoms with Crippen molar-refractivity contribution in [1.29, 1.82) is 0 Å². The van der Waals surface area contributed by atoms with E-state index in [-0.39, 0.29) is 11.4 Å². The van der Waals surface area contributed by atoms with Crippen LogP contribution in [0.2, 0.25) is 0 Å². The Morgan fingerprint density at radius 2 is 2.17 bits per heavy atom. The molecule has 3 N–H and O–H groups in total. The van der Waals surface area contributed by atoms with Crippen molar-refractivity contribution < 1.29 is 4.79 Å². The Hall–Kier alpha value is -0.610. The molecule has 0 heterocycles. The molecule has 2 fully saturated rings. The average Bonchev–Trinajstić information content (AvgIpc) is 3.12. The maximum atomic E-state index is 11.9. The molecule has 0 aromatic carbocycles. The van der Waals surface area contributed by atoms with Gasteiger partial charge in [0, 0.05) is 18.1 Å². The summed E-state index contributed by atoms with van der Waals surface area (Å²) in [4.78, 5) is 14.1. The largest absolute Gasteiger partial charge is 0.352 e. The van der Waals surface area contributed by atoms with Gasteiger partial charge in [-0.3, -0.25) is 9.69 Å². The number of carbonyl (C=O) groups excluding carboxylic acids is 1. The molecule has 4 nitrogen and oxygen atoms in total. The van der Waals surface area contributed by atoms with Crippen LogP contribution in [0.25, 0.3) is 0 Å². The second kappa shape index (κ2) is 5.57. The first kappa shape index (κ1) is 13.8. The number of nitrogens with two attached hydrogens (primary N) is 1. The SMILES string of the molecule is CC1CCCC(CN)(N(C)CC(=O)NC2CC2)C1. The molecule has 1 amide bonds. The van der Waals surface area contributed by atoms with Gasteiger partial charge in [-0.1, -0.05) is 19.8 Å². The Kier molecular flexibility index (Phi) is 4.28. The lowest BCUT2D eigenvalue weighted by molar-refractivity contribution is -0.124. The van der Waals surface area contributed by atoms with Crippen LogP contribution < -0.4 is 11.1 Å². The molecule has 0 saturated heterocycles. The zero-order chi connectivity index (χ0) is 13.2. The number of hydrogen-bond donors (Lipinski definition) is 2. The molecule has 4 heteroatoms. The molecule has 2 aliphatic rings. The lowest BCUT2D eigenvalue weighted by Crippen LogP contribution is -2.56. The second-order valence-corrected chi connectivity index (χ2v) is 6.33. The molecule has 104 valence electrons. The monoisotopic (exact) mass is 253 g/mol. The lowest BCUT2D eigenvalue weighted by atomic mass is 9.75. The molecular formula is C14H27N3O. The minimum absolute atomic E-state index is 0.0402. The van der Waals surface area contributed by atoms with E-state index in [0.717, 1.165) is 31.6 Å². The first-order valence-corrected chi connectivity index (χ1v) is 7.26. The first-order valence-electron chi connectivity index (χ1n) is 7.26. The van der Waals surface area contributed by atoms with Gasteiger partial charge in [0.05, 0.1) is 6.54 Å². The topological polar surface area (TPSA) is 58.4 Å². The zero-order valence-electron chi connectivity index (χ0n) is 11.7. The zero-order valence-corrected chi connectivity index (χ0v) is 11.7. The Bertz CT molecular complexity index is 303. The van der Waals surface area contributed by atoms with E-state index in [0.29, 0.717) is 19.1 Å². The maximum absolute atomic E-state index is 11.9. The van der Waals surface area contributed by atoms with Crippen LogP contribution >= 0.6 is 0 Å². The predicted octanol–water partition coefficient (Wildman–Crippen LogP) is 1.10. The number of carbonyl (C=O) groups is 1. The Labute approximate surface area is 110 Å². The number of nitrogens with one attached hydrogen (secondary N) is 1. The van der Waals surface area contributed by atoms with E-state index in [9.17, 15) is 4.79 Å². The van der Waals surface area contributed by atoms with Crippen LogP contribution in [0.15, 0.2) is 0 Å². The molecule has 0 spiro atoms. The normalized spacial score (nSPS) is 32.6. The van der Waals surface area contributed by atoms with Gasteiger partial charge in [0.15, 0.2) is 0 Å². The van der Waals surface area contributed by atoms with Gasteiger partial charge in [-0.15, -0.1) is 0 Å². The highest BCUT2D eigenvalue weighted by molar-refractivity contribution is 5.78. The van der Waals surface area contributed by atoms with Crippen molar-refractivity contribution in [2.45, 2.75) is 57.0 Å². The van der Waals surface area contributed by atoms with Gasteiger partial charge in [0.25, 0.3) is 0 Å². The van der Waals surface area contributed by atoms with Crippen LogP contribution in [0, 0.1) is 5.92 Å². The van der Waals surface area contributed by atoms with Crippen molar-refractivity contribution >= 4 is 5.91 Å². The van der Waals surface area contributed by atoms with Crippen LogP contribution in [-0.4, -0.2) is 42.5 Å². The Morgan fingerprint density at radius 3 is 2.72 bits per heavy atom. The highest BCUT2D eigenvalue weighted by atomic mass is 16.2. The lowest BCUT2D eigenvalue weighted by Gasteiger charge is -2.45. The van der Waals surface area contributed by atoms with E-state index in [2.05, 4.69) is 24.2 Å². The smallest absolute Gasteiger partial charge is 0.234 e. The van der Waals surface area contributed by atoms with Crippen molar-refractivity contribution in [1.82, 2.24) is 10.2 Å². The third-order valence-corrected chi connectivity index (χ3v) is 4.58. The van der Waals surface area contributed by atoms with E-state index in [4.69, 9.17) is 5.73 Å². The van der Waals surface area contributed by atoms with Crippen LogP contribution in [0.1, 0.15) is 45.4 Å². The van der Waals surface area contributed by atoms with Crippen LogP contribution in [0.5, 0.6) is 0 Å². The van der Waals surface area contributed by atoms with E-state index in [1.54, 1.807) is 0 Å². The van der Waals surface area contributed by atoms with Gasteiger partial charge in [-0.2, -0.15) is 0 Å². The molecule has 0 aromatic rings. The summed E-state index contributed by atoms with van der Waals surface area (Å²) < 4.78 is 0. The van der Waals surface area contributed by atoms with Gasteiger partial charge < -0.3 is 11.1 Å². The molecule has 0 bridgehead atoms. The van der Waals surface area contributed by atoms with Gasteiger partial charge in [0.1, 0.15) is 0 Å². The highest BCUT2D eigenvalue weighted by Crippen LogP contribution is 2.35. The fourth-order valence-electron chi connectivity index (χ4n) is 3.20. The van der Waals surface area contributed by atoms with Gasteiger partial charge in [0.2, 0.25) is 5.91 Å². The molecular weight excluding hydrogens is 226 g/mol. The number of nitrogens with zero attached hydrogens (tertiary/aromatic N) is 1. The van der Waals surface area contributed by atoms with E-state index in [1.807, 2.05) is 0 Å².